The second-order valence-corrected chi connectivity index (χ2v) is 5.78. The van der Waals surface area contributed by atoms with Gasteiger partial charge in [0.2, 0.25) is 0 Å². The highest BCUT2D eigenvalue weighted by Crippen LogP contribution is 2.13. The van der Waals surface area contributed by atoms with Gasteiger partial charge in [-0.1, -0.05) is 73.3 Å². The summed E-state index contributed by atoms with van der Waals surface area (Å²) >= 11 is 0. The van der Waals surface area contributed by atoms with Crippen molar-refractivity contribution in [3.63, 3.8) is 0 Å². The van der Waals surface area contributed by atoms with Crippen molar-refractivity contribution in [3.8, 4) is 0 Å². The molecule has 3 heteroatoms. The summed E-state index contributed by atoms with van der Waals surface area (Å²) in [5.41, 5.74) is 0. The lowest BCUT2D eigenvalue weighted by molar-refractivity contribution is 0.0398. The topological polar surface area (TPSA) is 27.7 Å². The standard InChI is InChI=1S/C18H36O3.2CH4/c1-5-6-7-8-9-10-11-12-13-17(2)21-18(3)16-20-15-14-19-4;;/h17H,3,5-16H2,1-2,4H3;2*1H4. The molecule has 1 unspecified atom stereocenters. The van der Waals surface area contributed by atoms with Gasteiger partial charge in [-0.15, -0.1) is 0 Å². The summed E-state index contributed by atoms with van der Waals surface area (Å²) in [6.07, 6.45) is 12.2. The SMILES string of the molecule is C.C.C=C(COCCOC)OC(C)CCCCCCCCCC. The average molecular weight is 333 g/mol. The van der Waals surface area contributed by atoms with Crippen molar-refractivity contribution >= 4 is 0 Å². The first-order chi connectivity index (χ1) is 10.2. The molecule has 0 saturated carbocycles. The van der Waals surface area contributed by atoms with Crippen molar-refractivity contribution in [2.75, 3.05) is 26.9 Å². The zero-order valence-corrected chi connectivity index (χ0v) is 14.5. The van der Waals surface area contributed by atoms with Crippen molar-refractivity contribution < 1.29 is 14.2 Å². The smallest absolute Gasteiger partial charge is 0.115 e. The molecule has 0 saturated heterocycles. The molecule has 0 aromatic heterocycles. The van der Waals surface area contributed by atoms with Crippen LogP contribution in [0.5, 0.6) is 0 Å². The number of unbranched alkanes of at least 4 members (excludes halogenated alkanes) is 7. The third-order valence-electron chi connectivity index (χ3n) is 3.53. The fourth-order valence-corrected chi connectivity index (χ4v) is 2.27. The fourth-order valence-electron chi connectivity index (χ4n) is 2.27. The summed E-state index contributed by atoms with van der Waals surface area (Å²) < 4.78 is 16.0. The first-order valence-corrected chi connectivity index (χ1v) is 8.61. The zero-order valence-electron chi connectivity index (χ0n) is 14.5. The van der Waals surface area contributed by atoms with Gasteiger partial charge in [-0.25, -0.2) is 0 Å². The minimum Gasteiger partial charge on any atom is -0.493 e. The van der Waals surface area contributed by atoms with Crippen molar-refractivity contribution in [2.24, 2.45) is 0 Å². The van der Waals surface area contributed by atoms with Crippen LogP contribution in [0.3, 0.4) is 0 Å². The van der Waals surface area contributed by atoms with Crippen molar-refractivity contribution in [1.82, 2.24) is 0 Å². The molecule has 0 bridgehead atoms. The Balaban J connectivity index is -0.00000200. The molecular formula is C20H44O3. The quantitative estimate of drug-likeness (QED) is 0.243. The molecule has 0 heterocycles. The van der Waals surface area contributed by atoms with E-state index in [9.17, 15) is 0 Å². The maximum Gasteiger partial charge on any atom is 0.115 e. The van der Waals surface area contributed by atoms with Crippen LogP contribution in [-0.2, 0) is 14.2 Å². The zero-order chi connectivity index (χ0) is 15.8. The van der Waals surface area contributed by atoms with Crippen molar-refractivity contribution in [2.45, 2.75) is 92.6 Å². The Hall–Kier alpha value is -0.540. The highest BCUT2D eigenvalue weighted by molar-refractivity contribution is 4.83. The maximum atomic E-state index is 5.73. The number of rotatable bonds is 16. The van der Waals surface area contributed by atoms with Gasteiger partial charge in [-0.2, -0.15) is 0 Å². The van der Waals surface area contributed by atoms with E-state index >= 15 is 0 Å². The second-order valence-electron chi connectivity index (χ2n) is 5.78. The number of hydrogen-bond donors (Lipinski definition) is 0. The molecule has 23 heavy (non-hydrogen) atoms. The minimum absolute atomic E-state index is 0. The predicted octanol–water partition coefficient (Wildman–Crippen LogP) is 6.37. The normalized spacial score (nSPS) is 11.3. The lowest BCUT2D eigenvalue weighted by Gasteiger charge is -2.16. The monoisotopic (exact) mass is 332 g/mol. The van der Waals surface area contributed by atoms with Crippen LogP contribution in [0.25, 0.3) is 0 Å². The summed E-state index contributed by atoms with van der Waals surface area (Å²) in [5.74, 6) is 0.721. The lowest BCUT2D eigenvalue weighted by atomic mass is 10.1. The highest BCUT2D eigenvalue weighted by Gasteiger charge is 2.05. The Kier molecular flexibility index (Phi) is 25.5. The third kappa shape index (κ3) is 21.5. The Morgan fingerprint density at radius 3 is 2.04 bits per heavy atom. The molecular weight excluding hydrogens is 288 g/mol. The van der Waals surface area contributed by atoms with Crippen LogP contribution in [0.4, 0.5) is 0 Å². The summed E-state index contributed by atoms with van der Waals surface area (Å²) in [6, 6.07) is 0. The van der Waals surface area contributed by atoms with Crippen LogP contribution in [0.1, 0.15) is 86.5 Å². The van der Waals surface area contributed by atoms with Crippen molar-refractivity contribution in [1.29, 1.82) is 0 Å². The van der Waals surface area contributed by atoms with Gasteiger partial charge < -0.3 is 14.2 Å². The van der Waals surface area contributed by atoms with Gasteiger partial charge in [0, 0.05) is 7.11 Å². The summed E-state index contributed by atoms with van der Waals surface area (Å²) in [4.78, 5) is 0. The molecule has 0 amide bonds. The van der Waals surface area contributed by atoms with E-state index in [1.165, 1.54) is 51.4 Å². The number of methoxy groups -OCH3 is 1. The van der Waals surface area contributed by atoms with Crippen LogP contribution in [0, 0.1) is 0 Å². The molecule has 0 rings (SSSR count). The van der Waals surface area contributed by atoms with E-state index in [4.69, 9.17) is 14.2 Å². The molecule has 0 aromatic carbocycles. The van der Waals surface area contributed by atoms with E-state index in [1.807, 2.05) is 0 Å². The first kappa shape index (κ1) is 27.3. The summed E-state index contributed by atoms with van der Waals surface area (Å²) in [5, 5.41) is 0. The fraction of sp³-hybridized carbons (Fsp3) is 0.900. The molecule has 0 aromatic rings. The van der Waals surface area contributed by atoms with Crippen LogP contribution >= 0.6 is 0 Å². The van der Waals surface area contributed by atoms with E-state index in [2.05, 4.69) is 20.4 Å². The largest absolute Gasteiger partial charge is 0.493 e. The van der Waals surface area contributed by atoms with Gasteiger partial charge in [0.15, 0.2) is 0 Å². The summed E-state index contributed by atoms with van der Waals surface area (Å²) in [6.45, 7) is 9.93. The maximum absolute atomic E-state index is 5.73. The average Bonchev–Trinajstić information content (AvgIpc) is 2.46. The molecule has 0 fully saturated rings. The molecule has 0 N–H and O–H groups in total. The Labute approximate surface area is 146 Å². The van der Waals surface area contributed by atoms with E-state index in [-0.39, 0.29) is 21.0 Å². The Morgan fingerprint density at radius 2 is 1.48 bits per heavy atom. The van der Waals surface area contributed by atoms with E-state index in [1.54, 1.807) is 7.11 Å². The van der Waals surface area contributed by atoms with Gasteiger partial charge in [0.05, 0.1) is 19.3 Å². The Bertz CT molecular complexity index is 229. The van der Waals surface area contributed by atoms with Gasteiger partial charge in [-0.3, -0.25) is 0 Å². The van der Waals surface area contributed by atoms with Gasteiger partial charge >= 0.3 is 0 Å². The number of hydrogen-bond acceptors (Lipinski definition) is 3. The molecule has 3 nitrogen and oxygen atoms in total. The molecule has 0 aliphatic carbocycles. The van der Waals surface area contributed by atoms with Gasteiger partial charge in [-0.05, 0) is 19.8 Å². The first-order valence-electron chi connectivity index (χ1n) is 8.61. The molecule has 0 radical (unpaired) electrons. The highest BCUT2D eigenvalue weighted by atomic mass is 16.5. The van der Waals surface area contributed by atoms with Crippen LogP contribution in [-0.4, -0.2) is 33.0 Å². The molecule has 142 valence electrons. The predicted molar refractivity (Wildman–Crippen MR) is 103 cm³/mol. The molecule has 0 aliphatic rings. The van der Waals surface area contributed by atoms with E-state index in [0.717, 1.165) is 12.2 Å². The minimum atomic E-state index is 0. The van der Waals surface area contributed by atoms with Gasteiger partial charge in [0.1, 0.15) is 12.4 Å². The molecule has 0 aliphatic heterocycles. The number of ether oxygens (including phenoxy) is 3. The van der Waals surface area contributed by atoms with Gasteiger partial charge in [0.25, 0.3) is 0 Å². The molecule has 0 spiro atoms. The molecule has 1 atom stereocenters. The van der Waals surface area contributed by atoms with Crippen LogP contribution in [0.2, 0.25) is 0 Å². The summed E-state index contributed by atoms with van der Waals surface area (Å²) in [7, 11) is 1.67. The second kappa shape index (κ2) is 21.5. The van der Waals surface area contributed by atoms with Crippen LogP contribution in [0.15, 0.2) is 12.3 Å². The van der Waals surface area contributed by atoms with E-state index < -0.39 is 0 Å². The Morgan fingerprint density at radius 1 is 0.913 bits per heavy atom. The lowest BCUT2D eigenvalue weighted by Crippen LogP contribution is -2.12. The van der Waals surface area contributed by atoms with E-state index in [0.29, 0.717) is 19.8 Å². The third-order valence-corrected chi connectivity index (χ3v) is 3.53. The van der Waals surface area contributed by atoms with Crippen molar-refractivity contribution in [3.05, 3.63) is 12.3 Å². The van der Waals surface area contributed by atoms with Crippen LogP contribution < -0.4 is 0 Å².